The molecule has 1 aromatic carbocycles. The van der Waals surface area contributed by atoms with Crippen molar-refractivity contribution in [1.82, 2.24) is 15.3 Å². The Morgan fingerprint density at radius 2 is 2.00 bits per heavy atom. The van der Waals surface area contributed by atoms with Crippen LogP contribution < -0.4 is 5.32 Å². The van der Waals surface area contributed by atoms with Crippen LogP contribution in [0.15, 0.2) is 48.4 Å². The summed E-state index contributed by atoms with van der Waals surface area (Å²) in [4.78, 5) is 8.26. The summed E-state index contributed by atoms with van der Waals surface area (Å²) in [5.41, 5.74) is 2.53. The zero-order valence-electron chi connectivity index (χ0n) is 11.4. The highest BCUT2D eigenvalue weighted by molar-refractivity contribution is 7.17. The first kappa shape index (κ1) is 13.2. The predicted octanol–water partition coefficient (Wildman–Crippen LogP) is 3.58. The minimum absolute atomic E-state index is 0.263. The van der Waals surface area contributed by atoms with Crippen molar-refractivity contribution in [3.05, 3.63) is 59.5 Å². The Kier molecular flexibility index (Phi) is 4.04. The third kappa shape index (κ3) is 2.71. The van der Waals surface area contributed by atoms with Crippen molar-refractivity contribution < 1.29 is 0 Å². The lowest BCUT2D eigenvalue weighted by Gasteiger charge is -2.17. The molecule has 2 heterocycles. The van der Waals surface area contributed by atoms with Gasteiger partial charge in [-0.05, 0) is 35.4 Å². The van der Waals surface area contributed by atoms with Gasteiger partial charge in [-0.1, -0.05) is 25.1 Å². The van der Waals surface area contributed by atoms with Gasteiger partial charge in [-0.15, -0.1) is 11.3 Å². The van der Waals surface area contributed by atoms with Gasteiger partial charge in [0.25, 0.3) is 0 Å². The maximum absolute atomic E-state index is 4.13. The SMILES string of the molecule is CCNC(Cc1csc2ccccc12)c1cncnc1. The topological polar surface area (TPSA) is 37.8 Å². The second-order valence-electron chi connectivity index (χ2n) is 4.74. The number of aromatic nitrogens is 2. The van der Waals surface area contributed by atoms with Crippen molar-refractivity contribution in [1.29, 1.82) is 0 Å². The van der Waals surface area contributed by atoms with E-state index in [2.05, 4.69) is 51.9 Å². The predicted molar refractivity (Wildman–Crippen MR) is 84.0 cm³/mol. The largest absolute Gasteiger partial charge is 0.310 e. The van der Waals surface area contributed by atoms with Crippen LogP contribution in [0, 0.1) is 0 Å². The van der Waals surface area contributed by atoms with Crippen molar-refractivity contribution >= 4 is 21.4 Å². The van der Waals surface area contributed by atoms with Crippen LogP contribution in [0.2, 0.25) is 0 Å². The second kappa shape index (κ2) is 6.11. The number of nitrogens with zero attached hydrogens (tertiary/aromatic N) is 2. The van der Waals surface area contributed by atoms with Crippen LogP contribution in [0.4, 0.5) is 0 Å². The fourth-order valence-corrected chi connectivity index (χ4v) is 3.43. The summed E-state index contributed by atoms with van der Waals surface area (Å²) in [7, 11) is 0. The van der Waals surface area contributed by atoms with Crippen molar-refractivity contribution in [2.45, 2.75) is 19.4 Å². The lowest BCUT2D eigenvalue weighted by Crippen LogP contribution is -2.23. The molecule has 0 aliphatic carbocycles. The van der Waals surface area contributed by atoms with E-state index >= 15 is 0 Å². The number of thiophene rings is 1. The van der Waals surface area contributed by atoms with Gasteiger partial charge in [-0.2, -0.15) is 0 Å². The molecule has 3 aromatic rings. The third-order valence-electron chi connectivity index (χ3n) is 3.42. The van der Waals surface area contributed by atoms with E-state index in [9.17, 15) is 0 Å². The zero-order chi connectivity index (χ0) is 13.8. The summed E-state index contributed by atoms with van der Waals surface area (Å²) >= 11 is 1.81. The molecule has 0 aliphatic heterocycles. The van der Waals surface area contributed by atoms with E-state index < -0.39 is 0 Å². The van der Waals surface area contributed by atoms with Crippen LogP contribution in [0.5, 0.6) is 0 Å². The molecule has 0 saturated heterocycles. The summed E-state index contributed by atoms with van der Waals surface area (Å²) in [5.74, 6) is 0. The Bertz CT molecular complexity index is 678. The van der Waals surface area contributed by atoms with E-state index in [1.165, 1.54) is 15.6 Å². The molecule has 0 aliphatic rings. The first-order valence-electron chi connectivity index (χ1n) is 6.82. The highest BCUT2D eigenvalue weighted by atomic mass is 32.1. The average Bonchev–Trinajstić information content (AvgIpc) is 2.91. The van der Waals surface area contributed by atoms with Crippen molar-refractivity contribution in [2.24, 2.45) is 0 Å². The van der Waals surface area contributed by atoms with E-state index in [1.807, 2.05) is 23.7 Å². The average molecular weight is 283 g/mol. The fraction of sp³-hybridized carbons (Fsp3) is 0.250. The number of likely N-dealkylation sites (N-methyl/N-ethyl adjacent to an activating group) is 1. The lowest BCUT2D eigenvalue weighted by atomic mass is 10.0. The third-order valence-corrected chi connectivity index (χ3v) is 4.43. The normalized spacial score (nSPS) is 12.7. The van der Waals surface area contributed by atoms with Crippen LogP contribution in [0.3, 0.4) is 0 Å². The van der Waals surface area contributed by atoms with Gasteiger partial charge in [0.1, 0.15) is 6.33 Å². The Labute approximate surface area is 122 Å². The Morgan fingerprint density at radius 3 is 2.80 bits per heavy atom. The van der Waals surface area contributed by atoms with E-state index in [-0.39, 0.29) is 6.04 Å². The van der Waals surface area contributed by atoms with E-state index in [0.717, 1.165) is 18.5 Å². The van der Waals surface area contributed by atoms with Gasteiger partial charge >= 0.3 is 0 Å². The smallest absolute Gasteiger partial charge is 0.115 e. The molecule has 3 rings (SSSR count). The Balaban J connectivity index is 1.90. The maximum atomic E-state index is 4.13. The lowest BCUT2D eigenvalue weighted by molar-refractivity contribution is 0.548. The molecule has 0 radical (unpaired) electrons. The monoisotopic (exact) mass is 283 g/mol. The molecule has 20 heavy (non-hydrogen) atoms. The Hall–Kier alpha value is -1.78. The number of rotatable bonds is 5. The van der Waals surface area contributed by atoms with Crippen LogP contribution in [0.1, 0.15) is 24.1 Å². The minimum atomic E-state index is 0.263. The van der Waals surface area contributed by atoms with Crippen LogP contribution in [0.25, 0.3) is 10.1 Å². The number of hydrogen-bond donors (Lipinski definition) is 1. The van der Waals surface area contributed by atoms with E-state index in [1.54, 1.807) is 6.33 Å². The minimum Gasteiger partial charge on any atom is -0.310 e. The zero-order valence-corrected chi connectivity index (χ0v) is 12.2. The molecule has 0 saturated carbocycles. The summed E-state index contributed by atoms with van der Waals surface area (Å²) in [6.07, 6.45) is 6.33. The second-order valence-corrected chi connectivity index (χ2v) is 5.65. The molecule has 2 aromatic heterocycles. The summed E-state index contributed by atoms with van der Waals surface area (Å²) < 4.78 is 1.35. The standard InChI is InChI=1S/C16H17N3S/c1-2-19-15(13-8-17-11-18-9-13)7-12-10-20-16-6-4-3-5-14(12)16/h3-6,8-11,15,19H,2,7H2,1H3. The van der Waals surface area contributed by atoms with Gasteiger partial charge in [0.05, 0.1) is 0 Å². The maximum Gasteiger partial charge on any atom is 0.115 e. The fourth-order valence-electron chi connectivity index (χ4n) is 2.46. The number of fused-ring (bicyclic) bond motifs is 1. The molecule has 102 valence electrons. The van der Waals surface area contributed by atoms with Crippen molar-refractivity contribution in [2.75, 3.05) is 6.54 Å². The molecule has 1 unspecified atom stereocenters. The molecule has 0 spiro atoms. The van der Waals surface area contributed by atoms with E-state index in [4.69, 9.17) is 0 Å². The molecule has 3 nitrogen and oxygen atoms in total. The molecule has 1 atom stereocenters. The number of nitrogens with one attached hydrogen (secondary N) is 1. The van der Waals surface area contributed by atoms with Gasteiger partial charge < -0.3 is 5.32 Å². The highest BCUT2D eigenvalue weighted by Gasteiger charge is 2.14. The highest BCUT2D eigenvalue weighted by Crippen LogP contribution is 2.29. The van der Waals surface area contributed by atoms with Crippen LogP contribution in [-0.2, 0) is 6.42 Å². The molecule has 0 amide bonds. The van der Waals surface area contributed by atoms with Gasteiger partial charge in [0.15, 0.2) is 0 Å². The number of hydrogen-bond acceptors (Lipinski definition) is 4. The molecular weight excluding hydrogens is 266 g/mol. The quantitative estimate of drug-likeness (QED) is 0.777. The molecular formula is C16H17N3S. The first-order chi connectivity index (χ1) is 9.88. The summed E-state index contributed by atoms with van der Waals surface area (Å²) in [6.45, 7) is 3.06. The van der Waals surface area contributed by atoms with Gasteiger partial charge in [0.2, 0.25) is 0 Å². The van der Waals surface area contributed by atoms with Crippen LogP contribution in [-0.4, -0.2) is 16.5 Å². The molecule has 1 N–H and O–H groups in total. The molecule has 0 bridgehead atoms. The van der Waals surface area contributed by atoms with Crippen molar-refractivity contribution in [3.8, 4) is 0 Å². The van der Waals surface area contributed by atoms with Gasteiger partial charge in [-0.25, -0.2) is 9.97 Å². The first-order valence-corrected chi connectivity index (χ1v) is 7.70. The van der Waals surface area contributed by atoms with Gasteiger partial charge in [-0.3, -0.25) is 0 Å². The summed E-state index contributed by atoms with van der Waals surface area (Å²) in [5, 5.41) is 7.15. The molecule has 4 heteroatoms. The van der Waals surface area contributed by atoms with Crippen LogP contribution >= 0.6 is 11.3 Å². The Morgan fingerprint density at radius 1 is 1.20 bits per heavy atom. The van der Waals surface area contributed by atoms with Gasteiger partial charge in [0, 0.05) is 28.7 Å². The summed E-state index contributed by atoms with van der Waals surface area (Å²) in [6, 6.07) is 8.84. The van der Waals surface area contributed by atoms with E-state index in [0.29, 0.717) is 0 Å². The number of benzene rings is 1. The van der Waals surface area contributed by atoms with Crippen molar-refractivity contribution in [3.63, 3.8) is 0 Å². The molecule has 0 fully saturated rings.